The first-order valence-corrected chi connectivity index (χ1v) is 44.1. The van der Waals surface area contributed by atoms with Crippen molar-refractivity contribution < 1.29 is 62.3 Å². The summed E-state index contributed by atoms with van der Waals surface area (Å²) in [6.07, 6.45) is 16.6. The lowest BCUT2D eigenvalue weighted by atomic mass is 9.94. The Hall–Kier alpha value is -11.7. The molecule has 4 aromatic carbocycles. The van der Waals surface area contributed by atoms with Gasteiger partial charge in [0.1, 0.15) is 66.0 Å². The summed E-state index contributed by atoms with van der Waals surface area (Å²) in [5.74, 6) is -9.51. The Kier molecular flexibility index (Phi) is 37.3. The van der Waals surface area contributed by atoms with Crippen LogP contribution in [0, 0.1) is 11.3 Å². The number of likely N-dealkylation sites (tertiary alicyclic amines) is 2. The molecule has 1 aliphatic carbocycles. The highest BCUT2D eigenvalue weighted by atomic mass is 16.2. The summed E-state index contributed by atoms with van der Waals surface area (Å²) in [4.78, 5) is 199. The highest BCUT2D eigenvalue weighted by Gasteiger charge is 2.45. The van der Waals surface area contributed by atoms with Crippen LogP contribution >= 0.6 is 0 Å². The average molecular weight is 1700 g/mol. The van der Waals surface area contributed by atoms with Crippen LogP contribution in [-0.2, 0) is 88.0 Å². The molecule has 2 aromatic heterocycles. The number of guanidine groups is 1. The molecule has 6 aromatic rings. The minimum Gasteiger partial charge on any atom is -0.370 e. The fraction of sp³-hybridized carbons (Fsp3) is 0.538. The van der Waals surface area contributed by atoms with Crippen LogP contribution in [0.25, 0.3) is 21.8 Å². The summed E-state index contributed by atoms with van der Waals surface area (Å²) >= 11 is 0. The summed E-state index contributed by atoms with van der Waals surface area (Å²) in [7, 11) is 0. The number of primary amides is 2. The minimum absolute atomic E-state index is 0.0922. The molecule has 0 spiro atoms. The van der Waals surface area contributed by atoms with Crippen LogP contribution in [0.2, 0.25) is 0 Å². The molecule has 10 atom stereocenters. The van der Waals surface area contributed by atoms with Crippen LogP contribution in [0.4, 0.5) is 0 Å². The highest BCUT2D eigenvalue weighted by molar-refractivity contribution is 6.01. The number of unbranched alkanes of at least 4 members (excludes halogenated alkanes) is 9. The number of nitrogens with zero attached hydrogens (tertiary/aromatic N) is 2. The zero-order valence-electron chi connectivity index (χ0n) is 71.5. The molecule has 0 radical (unpaired) electrons. The van der Waals surface area contributed by atoms with Gasteiger partial charge in [0.25, 0.3) is 0 Å². The van der Waals surface area contributed by atoms with E-state index >= 15 is 33.6 Å². The van der Waals surface area contributed by atoms with Gasteiger partial charge in [-0.3, -0.25) is 67.7 Å². The summed E-state index contributed by atoms with van der Waals surface area (Å²) in [5.41, 5.74) is 25.7. The molecule has 666 valence electrons. The van der Waals surface area contributed by atoms with Crippen LogP contribution in [0.1, 0.15) is 210 Å². The number of nitrogens with one attached hydrogen (secondary N) is 13. The van der Waals surface area contributed by atoms with Gasteiger partial charge in [0.05, 0.1) is 0 Å². The number of carbonyl (C=O) groups is 13. The fourth-order valence-electron chi connectivity index (χ4n) is 16.9. The van der Waals surface area contributed by atoms with Crippen molar-refractivity contribution in [3.8, 4) is 0 Å². The maximum atomic E-state index is 15.6. The van der Waals surface area contributed by atoms with E-state index in [-0.39, 0.29) is 108 Å². The molecule has 21 N–H and O–H groups in total. The topological polar surface area (TPSA) is 508 Å². The molecule has 4 heterocycles. The van der Waals surface area contributed by atoms with Crippen molar-refractivity contribution in [3.63, 3.8) is 0 Å². The third-order valence-electron chi connectivity index (χ3n) is 23.6. The summed E-state index contributed by atoms with van der Waals surface area (Å²) in [6.45, 7) is 6.77. The molecule has 9 rings (SSSR count). The van der Waals surface area contributed by atoms with Gasteiger partial charge in [-0.25, -0.2) is 0 Å². The Morgan fingerprint density at radius 2 is 0.886 bits per heavy atom. The largest absolute Gasteiger partial charge is 0.370 e. The van der Waals surface area contributed by atoms with E-state index in [0.717, 1.165) is 36.6 Å². The number of rotatable bonds is 51. The summed E-state index contributed by atoms with van der Waals surface area (Å²) in [6, 6.07) is 19.0. The van der Waals surface area contributed by atoms with Crippen LogP contribution < -0.4 is 76.1 Å². The van der Waals surface area contributed by atoms with Gasteiger partial charge in [-0.15, -0.1) is 0 Å². The Morgan fingerprint density at radius 3 is 1.37 bits per heavy atom. The minimum atomic E-state index is -1.63. The SMILES string of the molecule is CCCCCCCCCCCC(=O)N[C@H](CCCNC(=N)N)C(=O)N1CCC[C@H]1C(=O)N[C@@H](CCCCN)C(=O)N1CCC[C@H]1C(=O)N[C@H](Cc1ccccc1)C(=O)N[C@@H](CCC(N)=O)C(=O)N[C@H](Cc1c[nH]c2ccccc12)C(=O)N[C@@H](Cc1ccccc1)C(=O)N[C@H](Cc1c[nH]c2ccccc12)C(=O)N[C@@H](CC(C)C)C(=O)NC1(C(N)=O)CCCC1. The highest BCUT2D eigenvalue weighted by Crippen LogP contribution is 2.31. The Morgan fingerprint density at radius 1 is 0.455 bits per heavy atom. The number of fused-ring (bicyclic) bond motifs is 2. The second-order valence-electron chi connectivity index (χ2n) is 33.6. The first-order chi connectivity index (χ1) is 59.2. The molecule has 2 aliphatic heterocycles. The third-order valence-corrected chi connectivity index (χ3v) is 23.6. The standard InChI is InChI=1S/C91H129N19O13/c1-4-5-6-7-8-9-10-11-18-42-78(112)100-68(39-27-48-97-90(95)96)87(121)109-49-28-40-75(109)85(119)102-69(38-23-26-47-92)88(122)110-50-29-41-76(110)86(120)107-72(53-60-32-16-13-17-33-60)80(114)101-67(43-44-77(93)111)79(113)105-73(54-61-56-98-65-36-21-19-34-63(61)65)83(117)104-71(52-59-30-14-12-15-31-59)81(115)106-74(55-62-57-99-66-37-22-20-35-64(62)66)82(116)103-70(51-58(2)3)84(118)108-91(89(94)123)45-24-25-46-91/h12-17,19-22,30-37,56-58,67-76,98-99H,4-11,18,23-29,38-55,92H2,1-3H3,(H2,93,111)(H2,94,123)(H,100,112)(H,101,114)(H,102,119)(H,103,116)(H,104,117)(H,105,113)(H,106,115)(H,107,120)(H,108,118)(H4,95,96,97)/t67-,68+,69-,70-,71-,72+,73+,74+,75-,76-/m0/s1. The van der Waals surface area contributed by atoms with Crippen molar-refractivity contribution in [2.75, 3.05) is 26.2 Å². The molecule has 3 fully saturated rings. The van der Waals surface area contributed by atoms with Crippen LogP contribution in [0.15, 0.2) is 122 Å². The summed E-state index contributed by atoms with van der Waals surface area (Å²) in [5, 5.41) is 37.8. The maximum absolute atomic E-state index is 15.6. The first kappa shape index (κ1) is 95.1. The molecule has 0 bridgehead atoms. The number of hydrogen-bond donors (Lipinski definition) is 17. The number of nitrogens with two attached hydrogens (primary N) is 4. The van der Waals surface area contributed by atoms with Crippen molar-refractivity contribution in [3.05, 3.63) is 144 Å². The predicted octanol–water partition coefficient (Wildman–Crippen LogP) is 5.32. The second-order valence-corrected chi connectivity index (χ2v) is 33.6. The lowest BCUT2D eigenvalue weighted by Crippen LogP contribution is -2.62. The smallest absolute Gasteiger partial charge is 0.245 e. The zero-order chi connectivity index (χ0) is 88.4. The molecule has 1 saturated carbocycles. The van der Waals surface area contributed by atoms with E-state index in [2.05, 4.69) is 70.1 Å². The van der Waals surface area contributed by atoms with Crippen LogP contribution in [0.5, 0.6) is 0 Å². The van der Waals surface area contributed by atoms with Crippen molar-refractivity contribution >= 4 is 105 Å². The van der Waals surface area contributed by atoms with Gasteiger partial charge in [0, 0.05) is 92.4 Å². The van der Waals surface area contributed by atoms with Gasteiger partial charge in [-0.1, -0.05) is 182 Å². The molecule has 3 aliphatic rings. The van der Waals surface area contributed by atoms with E-state index in [9.17, 15) is 28.8 Å². The average Bonchev–Trinajstić information content (AvgIpc) is 1.73. The quantitative estimate of drug-likeness (QED) is 0.0130. The van der Waals surface area contributed by atoms with Crippen LogP contribution in [-0.4, -0.2) is 195 Å². The molecular weight excluding hydrogens is 1570 g/mol. The van der Waals surface area contributed by atoms with E-state index in [1.54, 1.807) is 79.1 Å². The lowest BCUT2D eigenvalue weighted by Gasteiger charge is -2.32. The van der Waals surface area contributed by atoms with Gasteiger partial charge in [0.2, 0.25) is 76.8 Å². The number of aromatic nitrogens is 2. The molecule has 0 unspecified atom stereocenters. The van der Waals surface area contributed by atoms with Crippen molar-refractivity contribution in [1.82, 2.24) is 72.9 Å². The van der Waals surface area contributed by atoms with E-state index in [0.29, 0.717) is 97.4 Å². The fourth-order valence-corrected chi connectivity index (χ4v) is 16.9. The number of hydrogen-bond acceptors (Lipinski definition) is 15. The Bertz CT molecular complexity index is 4550. The van der Waals surface area contributed by atoms with Gasteiger partial charge >= 0.3 is 0 Å². The Balaban J connectivity index is 0.942. The van der Waals surface area contributed by atoms with E-state index in [1.165, 1.54) is 35.5 Å². The number of benzene rings is 4. The molecule has 32 nitrogen and oxygen atoms in total. The first-order valence-electron chi connectivity index (χ1n) is 44.1. The van der Waals surface area contributed by atoms with Gasteiger partial charge in [0.15, 0.2) is 5.96 Å². The number of H-pyrrole nitrogens is 2. The normalized spacial score (nSPS) is 16.8. The van der Waals surface area contributed by atoms with Gasteiger partial charge in [-0.05, 0) is 137 Å². The van der Waals surface area contributed by atoms with Gasteiger partial charge < -0.3 is 95.9 Å². The maximum Gasteiger partial charge on any atom is 0.245 e. The van der Waals surface area contributed by atoms with E-state index < -0.39 is 150 Å². The zero-order valence-corrected chi connectivity index (χ0v) is 71.5. The molecule has 32 heteroatoms. The predicted molar refractivity (Wildman–Crippen MR) is 470 cm³/mol. The van der Waals surface area contributed by atoms with Crippen molar-refractivity contribution in [1.29, 1.82) is 5.41 Å². The second kappa shape index (κ2) is 48.2. The van der Waals surface area contributed by atoms with E-state index in [1.807, 2.05) is 56.3 Å². The molecule has 123 heavy (non-hydrogen) atoms. The molecule has 2 saturated heterocycles. The number of aromatic amines is 2. The lowest BCUT2D eigenvalue weighted by molar-refractivity contribution is -0.144. The number of carbonyl (C=O) groups excluding carboxylic acids is 13. The Labute approximate surface area is 720 Å². The molecular formula is C91H129N19O13. The van der Waals surface area contributed by atoms with Crippen molar-refractivity contribution in [2.24, 2.45) is 28.9 Å². The number of amides is 13. The van der Waals surface area contributed by atoms with Crippen molar-refractivity contribution in [2.45, 2.75) is 279 Å². The summed E-state index contributed by atoms with van der Waals surface area (Å²) < 4.78 is 0. The van der Waals surface area contributed by atoms with Gasteiger partial charge in [-0.2, -0.15) is 0 Å². The monoisotopic (exact) mass is 1700 g/mol. The molecule has 13 amide bonds. The third kappa shape index (κ3) is 28.7. The number of para-hydroxylation sites is 2. The van der Waals surface area contributed by atoms with E-state index in [4.69, 9.17) is 28.3 Å². The van der Waals surface area contributed by atoms with Crippen LogP contribution in [0.3, 0.4) is 0 Å².